The van der Waals surface area contributed by atoms with Crippen LogP contribution < -0.4 is 16.2 Å². The molecule has 0 aliphatic heterocycles. The number of benzene rings is 2. The van der Waals surface area contributed by atoms with Gasteiger partial charge >= 0.3 is 5.69 Å². The fraction of sp³-hybridized carbons (Fsp3) is 0.0435. The van der Waals surface area contributed by atoms with Crippen LogP contribution in [0, 0.1) is 10.1 Å². The van der Waals surface area contributed by atoms with Crippen LogP contribution in [0.3, 0.4) is 0 Å². The number of carbonyl (C=O) groups excluding carboxylic acids is 1. The maximum atomic E-state index is 13.2. The lowest BCUT2D eigenvalue weighted by Crippen LogP contribution is -2.35. The summed E-state index contributed by atoms with van der Waals surface area (Å²) in [4.78, 5) is 36.2. The van der Waals surface area contributed by atoms with Gasteiger partial charge in [-0.05, 0) is 23.3 Å². The number of rotatable bonds is 8. The van der Waals surface area contributed by atoms with Crippen molar-refractivity contribution in [2.24, 2.45) is 0 Å². The first kappa shape index (κ1) is 21.4. The highest BCUT2D eigenvalue weighted by molar-refractivity contribution is 5.88. The lowest BCUT2D eigenvalue weighted by Gasteiger charge is -2.18. The highest BCUT2D eigenvalue weighted by Crippen LogP contribution is 2.31. The number of aromatic nitrogens is 3. The number of hydrazine groups is 1. The van der Waals surface area contributed by atoms with Gasteiger partial charge in [-0.3, -0.25) is 30.7 Å². The Hall–Kier alpha value is -4.86. The van der Waals surface area contributed by atoms with E-state index < -0.39 is 22.4 Å². The Balaban J connectivity index is 1.59. The summed E-state index contributed by atoms with van der Waals surface area (Å²) in [6.45, 7) is 0. The van der Waals surface area contributed by atoms with Crippen molar-refractivity contribution >= 4 is 28.9 Å². The molecule has 0 spiro atoms. The fourth-order valence-corrected chi connectivity index (χ4v) is 3.29. The first-order valence-electron chi connectivity index (χ1n) is 9.95. The quantitative estimate of drug-likeness (QED) is 0.278. The molecule has 0 saturated heterocycles. The van der Waals surface area contributed by atoms with Crippen molar-refractivity contribution in [2.45, 2.75) is 5.92 Å². The van der Waals surface area contributed by atoms with E-state index in [9.17, 15) is 14.9 Å². The molecule has 2 aromatic carbocycles. The van der Waals surface area contributed by atoms with E-state index in [0.717, 1.165) is 17.5 Å². The molecule has 164 valence electrons. The third-order valence-electron chi connectivity index (χ3n) is 4.76. The normalized spacial score (nSPS) is 10.5. The Kier molecular flexibility index (Phi) is 6.45. The largest absolute Gasteiger partial charge is 0.355 e. The Bertz CT molecular complexity index is 1200. The Morgan fingerprint density at radius 2 is 1.52 bits per heavy atom. The molecule has 0 aliphatic rings. The summed E-state index contributed by atoms with van der Waals surface area (Å²) in [7, 11) is 0. The third kappa shape index (κ3) is 5.07. The number of pyridine rings is 1. The molecule has 10 nitrogen and oxygen atoms in total. The molecule has 33 heavy (non-hydrogen) atoms. The second-order valence-corrected chi connectivity index (χ2v) is 6.91. The van der Waals surface area contributed by atoms with Crippen molar-refractivity contribution in [1.29, 1.82) is 0 Å². The maximum absolute atomic E-state index is 13.2. The first-order chi connectivity index (χ1) is 16.1. The summed E-state index contributed by atoms with van der Waals surface area (Å²) in [6.07, 6.45) is 4.25. The predicted octanol–water partition coefficient (Wildman–Crippen LogP) is 3.80. The Morgan fingerprint density at radius 1 is 0.879 bits per heavy atom. The number of nitro groups is 1. The van der Waals surface area contributed by atoms with Crippen LogP contribution in [0.5, 0.6) is 0 Å². The van der Waals surface area contributed by atoms with E-state index in [2.05, 4.69) is 31.1 Å². The summed E-state index contributed by atoms with van der Waals surface area (Å²) in [5, 5.41) is 14.6. The Morgan fingerprint density at radius 3 is 2.09 bits per heavy atom. The molecule has 0 bridgehead atoms. The van der Waals surface area contributed by atoms with E-state index in [1.165, 1.54) is 6.20 Å². The van der Waals surface area contributed by atoms with Crippen molar-refractivity contribution in [3.05, 3.63) is 113 Å². The van der Waals surface area contributed by atoms with Gasteiger partial charge in [0.2, 0.25) is 17.5 Å². The standard InChI is InChI=1S/C23H19N7O3/c31-23(19(16-8-3-1-4-9-16)17-10-5-2-6-11-17)29-28-22-20(30(32)33)21(25-15-26-22)27-18-12-7-13-24-14-18/h1-15,19H,(H,29,31)(H2,25,26,27,28). The number of carbonyl (C=O) groups is 1. The van der Waals surface area contributed by atoms with E-state index >= 15 is 0 Å². The number of anilines is 3. The van der Waals surface area contributed by atoms with Crippen LogP contribution in [-0.2, 0) is 4.79 Å². The second-order valence-electron chi connectivity index (χ2n) is 6.91. The summed E-state index contributed by atoms with van der Waals surface area (Å²) in [6, 6.07) is 21.9. The SMILES string of the molecule is O=C(NNc1ncnc(Nc2cccnc2)c1[N+](=O)[O-])C(c1ccccc1)c1ccccc1. The number of hydrogen-bond donors (Lipinski definition) is 3. The molecule has 0 saturated carbocycles. The van der Waals surface area contributed by atoms with Crippen molar-refractivity contribution in [3.63, 3.8) is 0 Å². The van der Waals surface area contributed by atoms with Crippen molar-refractivity contribution in [3.8, 4) is 0 Å². The molecular formula is C23H19N7O3. The molecule has 0 fully saturated rings. The smallest absolute Gasteiger partial charge is 0.333 e. The first-order valence-corrected chi connectivity index (χ1v) is 9.95. The van der Waals surface area contributed by atoms with E-state index in [-0.39, 0.29) is 11.6 Å². The molecule has 3 N–H and O–H groups in total. The van der Waals surface area contributed by atoms with E-state index in [1.807, 2.05) is 60.7 Å². The predicted molar refractivity (Wildman–Crippen MR) is 123 cm³/mol. The molecule has 0 atom stereocenters. The van der Waals surface area contributed by atoms with Crippen LogP contribution in [0.4, 0.5) is 23.0 Å². The summed E-state index contributed by atoms with van der Waals surface area (Å²) in [5.41, 5.74) is 6.80. The second kappa shape index (κ2) is 9.96. The topological polar surface area (TPSA) is 135 Å². The minimum atomic E-state index is -0.631. The third-order valence-corrected chi connectivity index (χ3v) is 4.76. The van der Waals surface area contributed by atoms with E-state index in [4.69, 9.17) is 0 Å². The number of nitrogens with one attached hydrogen (secondary N) is 3. The molecule has 0 unspecified atom stereocenters. The van der Waals surface area contributed by atoms with Crippen LogP contribution >= 0.6 is 0 Å². The van der Waals surface area contributed by atoms with Crippen LogP contribution in [0.2, 0.25) is 0 Å². The average molecular weight is 441 g/mol. The molecule has 10 heteroatoms. The lowest BCUT2D eigenvalue weighted by molar-refractivity contribution is -0.383. The molecule has 4 rings (SSSR count). The van der Waals surface area contributed by atoms with Crippen molar-refractivity contribution < 1.29 is 9.72 Å². The van der Waals surface area contributed by atoms with Gasteiger partial charge in [-0.2, -0.15) is 0 Å². The minimum Gasteiger partial charge on any atom is -0.333 e. The van der Waals surface area contributed by atoms with Crippen molar-refractivity contribution in [1.82, 2.24) is 20.4 Å². The van der Waals surface area contributed by atoms with Gasteiger partial charge in [0.05, 0.1) is 22.7 Å². The zero-order valence-electron chi connectivity index (χ0n) is 17.3. The molecule has 0 aliphatic carbocycles. The summed E-state index contributed by atoms with van der Waals surface area (Å²) < 4.78 is 0. The number of amides is 1. The highest BCUT2D eigenvalue weighted by atomic mass is 16.6. The highest BCUT2D eigenvalue weighted by Gasteiger charge is 2.26. The molecule has 1 amide bonds. The van der Waals surface area contributed by atoms with Crippen LogP contribution in [-0.4, -0.2) is 25.8 Å². The van der Waals surface area contributed by atoms with Gasteiger partial charge in [0.25, 0.3) is 0 Å². The molecule has 2 aromatic heterocycles. The maximum Gasteiger partial charge on any atom is 0.355 e. The minimum absolute atomic E-state index is 0.0394. The zero-order valence-corrected chi connectivity index (χ0v) is 17.3. The van der Waals surface area contributed by atoms with Gasteiger partial charge in [-0.1, -0.05) is 60.7 Å². The van der Waals surface area contributed by atoms with E-state index in [1.54, 1.807) is 18.3 Å². The van der Waals surface area contributed by atoms with Gasteiger partial charge < -0.3 is 5.32 Å². The average Bonchev–Trinajstić information content (AvgIpc) is 2.85. The van der Waals surface area contributed by atoms with Crippen LogP contribution in [0.1, 0.15) is 17.0 Å². The Labute approximate surface area is 188 Å². The van der Waals surface area contributed by atoms with Gasteiger partial charge in [0, 0.05) is 6.20 Å². The summed E-state index contributed by atoms with van der Waals surface area (Å²) >= 11 is 0. The zero-order chi connectivity index (χ0) is 23.0. The molecule has 4 aromatic rings. The van der Waals surface area contributed by atoms with Crippen LogP contribution in [0.25, 0.3) is 0 Å². The number of hydrogen-bond acceptors (Lipinski definition) is 8. The number of nitrogens with zero attached hydrogens (tertiary/aromatic N) is 4. The van der Waals surface area contributed by atoms with Gasteiger partial charge in [-0.25, -0.2) is 9.97 Å². The molecule has 0 radical (unpaired) electrons. The fourth-order valence-electron chi connectivity index (χ4n) is 3.29. The van der Waals surface area contributed by atoms with Gasteiger partial charge in [0.1, 0.15) is 6.33 Å². The van der Waals surface area contributed by atoms with Crippen LogP contribution in [0.15, 0.2) is 91.5 Å². The molecular weight excluding hydrogens is 422 g/mol. The molecule has 2 heterocycles. The lowest BCUT2D eigenvalue weighted by atomic mass is 9.91. The summed E-state index contributed by atoms with van der Waals surface area (Å²) in [5.74, 6) is -1.23. The van der Waals surface area contributed by atoms with E-state index in [0.29, 0.717) is 5.69 Å². The van der Waals surface area contributed by atoms with Crippen molar-refractivity contribution in [2.75, 3.05) is 10.7 Å². The van der Waals surface area contributed by atoms with Gasteiger partial charge in [-0.15, -0.1) is 0 Å². The monoisotopic (exact) mass is 441 g/mol. The van der Waals surface area contributed by atoms with Gasteiger partial charge in [0.15, 0.2) is 0 Å².